The molecule has 12 heavy (non-hydrogen) atoms. The molecule has 0 aliphatic heterocycles. The van der Waals surface area contributed by atoms with Crippen molar-refractivity contribution in [2.45, 2.75) is 6.42 Å². The molecule has 1 heteroatoms. The maximum absolute atomic E-state index is 9.33. The van der Waals surface area contributed by atoms with Gasteiger partial charge < -0.3 is 5.11 Å². The molecular formula is C11H12O. The van der Waals surface area contributed by atoms with Crippen molar-refractivity contribution in [2.75, 3.05) is 0 Å². The van der Waals surface area contributed by atoms with Crippen LogP contribution < -0.4 is 0 Å². The Morgan fingerprint density at radius 2 is 2.08 bits per heavy atom. The number of hydrogen-bond acceptors (Lipinski definition) is 1. The molecule has 0 saturated carbocycles. The van der Waals surface area contributed by atoms with E-state index in [2.05, 4.69) is 6.58 Å². The third kappa shape index (κ3) is 2.27. The van der Waals surface area contributed by atoms with Gasteiger partial charge in [-0.15, -0.1) is 6.58 Å². The van der Waals surface area contributed by atoms with E-state index in [1.807, 2.05) is 30.4 Å². The molecular weight excluding hydrogens is 148 g/mol. The molecule has 0 saturated heterocycles. The van der Waals surface area contributed by atoms with Crippen LogP contribution in [0, 0.1) is 0 Å². The number of rotatable bonds is 3. The normalized spacial score (nSPS) is 10.3. The summed E-state index contributed by atoms with van der Waals surface area (Å²) in [5.41, 5.74) is 0.847. The quantitative estimate of drug-likeness (QED) is 0.674. The van der Waals surface area contributed by atoms with Crippen molar-refractivity contribution < 1.29 is 5.11 Å². The Bertz CT molecular complexity index is 287. The van der Waals surface area contributed by atoms with Crippen LogP contribution in [0.1, 0.15) is 12.0 Å². The van der Waals surface area contributed by atoms with Gasteiger partial charge in [0.25, 0.3) is 0 Å². The highest BCUT2D eigenvalue weighted by molar-refractivity contribution is 5.56. The fraction of sp³-hybridized carbons (Fsp3) is 0.0909. The second-order valence-corrected chi connectivity index (χ2v) is 2.49. The van der Waals surface area contributed by atoms with E-state index in [0.717, 1.165) is 12.0 Å². The van der Waals surface area contributed by atoms with Crippen molar-refractivity contribution in [3.8, 4) is 5.75 Å². The average molecular weight is 160 g/mol. The van der Waals surface area contributed by atoms with Crippen LogP contribution in [0.25, 0.3) is 6.08 Å². The van der Waals surface area contributed by atoms with Crippen molar-refractivity contribution in [2.24, 2.45) is 0 Å². The Balaban J connectivity index is 2.74. The lowest BCUT2D eigenvalue weighted by Crippen LogP contribution is -1.71. The first kappa shape index (κ1) is 8.60. The molecule has 0 radical (unpaired) electrons. The summed E-state index contributed by atoms with van der Waals surface area (Å²) < 4.78 is 0. The Morgan fingerprint density at radius 1 is 1.33 bits per heavy atom. The van der Waals surface area contributed by atoms with Crippen molar-refractivity contribution in [1.29, 1.82) is 0 Å². The summed E-state index contributed by atoms with van der Waals surface area (Å²) >= 11 is 0. The Morgan fingerprint density at radius 3 is 2.75 bits per heavy atom. The Kier molecular flexibility index (Phi) is 3.15. The van der Waals surface area contributed by atoms with Crippen LogP contribution in [-0.2, 0) is 0 Å². The first-order valence-corrected chi connectivity index (χ1v) is 3.90. The predicted octanol–water partition coefficient (Wildman–Crippen LogP) is 2.98. The van der Waals surface area contributed by atoms with Gasteiger partial charge in [-0.3, -0.25) is 0 Å². The molecule has 1 rings (SSSR count). The van der Waals surface area contributed by atoms with E-state index in [1.54, 1.807) is 12.1 Å². The van der Waals surface area contributed by atoms with Gasteiger partial charge in [-0.2, -0.15) is 0 Å². The van der Waals surface area contributed by atoms with Gasteiger partial charge in [0.1, 0.15) is 5.75 Å². The average Bonchev–Trinajstić information content (AvgIpc) is 2.09. The van der Waals surface area contributed by atoms with Gasteiger partial charge in [0.15, 0.2) is 0 Å². The second-order valence-electron chi connectivity index (χ2n) is 2.49. The fourth-order valence-electron chi connectivity index (χ4n) is 0.920. The zero-order valence-electron chi connectivity index (χ0n) is 6.90. The minimum atomic E-state index is 0.317. The van der Waals surface area contributed by atoms with Gasteiger partial charge in [0.2, 0.25) is 0 Å². The largest absolute Gasteiger partial charge is 0.507 e. The molecule has 1 nitrogen and oxygen atoms in total. The SMILES string of the molecule is C=CC/C=C/c1ccccc1O. The van der Waals surface area contributed by atoms with Crippen molar-refractivity contribution >= 4 is 6.08 Å². The molecule has 1 aromatic rings. The fourth-order valence-corrected chi connectivity index (χ4v) is 0.920. The summed E-state index contributed by atoms with van der Waals surface area (Å²) in [5.74, 6) is 0.317. The Hall–Kier alpha value is -1.50. The number of para-hydroxylation sites is 1. The van der Waals surface area contributed by atoms with Gasteiger partial charge in [0.05, 0.1) is 0 Å². The molecule has 0 aliphatic carbocycles. The molecule has 0 aliphatic rings. The maximum Gasteiger partial charge on any atom is 0.122 e. The zero-order valence-corrected chi connectivity index (χ0v) is 6.90. The third-order valence-corrected chi connectivity index (χ3v) is 1.54. The first-order chi connectivity index (χ1) is 5.84. The molecule has 0 unspecified atom stereocenters. The summed E-state index contributed by atoms with van der Waals surface area (Å²) in [6.07, 6.45) is 6.49. The number of allylic oxidation sites excluding steroid dienone is 2. The summed E-state index contributed by atoms with van der Waals surface area (Å²) in [7, 11) is 0. The number of aromatic hydroxyl groups is 1. The van der Waals surface area contributed by atoms with Crippen molar-refractivity contribution in [3.63, 3.8) is 0 Å². The number of benzene rings is 1. The van der Waals surface area contributed by atoms with Crippen LogP contribution in [0.5, 0.6) is 5.75 Å². The van der Waals surface area contributed by atoms with Gasteiger partial charge in [-0.25, -0.2) is 0 Å². The van der Waals surface area contributed by atoms with Gasteiger partial charge >= 0.3 is 0 Å². The van der Waals surface area contributed by atoms with Crippen LogP contribution in [0.4, 0.5) is 0 Å². The number of hydrogen-bond donors (Lipinski definition) is 1. The highest BCUT2D eigenvalue weighted by atomic mass is 16.3. The molecule has 0 atom stereocenters. The molecule has 0 spiro atoms. The predicted molar refractivity (Wildman–Crippen MR) is 52.0 cm³/mol. The van der Waals surface area contributed by atoms with E-state index in [9.17, 15) is 5.11 Å². The van der Waals surface area contributed by atoms with Crippen molar-refractivity contribution in [1.82, 2.24) is 0 Å². The van der Waals surface area contributed by atoms with E-state index in [0.29, 0.717) is 5.75 Å². The second kappa shape index (κ2) is 4.39. The number of phenols is 1. The smallest absolute Gasteiger partial charge is 0.122 e. The lowest BCUT2D eigenvalue weighted by atomic mass is 10.2. The van der Waals surface area contributed by atoms with Gasteiger partial charge in [0, 0.05) is 5.56 Å². The first-order valence-electron chi connectivity index (χ1n) is 3.90. The number of phenolic OH excluding ortho intramolecular Hbond substituents is 1. The van der Waals surface area contributed by atoms with Gasteiger partial charge in [-0.1, -0.05) is 36.4 Å². The standard InChI is InChI=1S/C11H12O/c1-2-3-4-7-10-8-5-6-9-11(10)12/h2,4-9,12H,1,3H2/b7-4+. The monoisotopic (exact) mass is 160 g/mol. The van der Waals surface area contributed by atoms with Gasteiger partial charge in [-0.05, 0) is 12.5 Å². The van der Waals surface area contributed by atoms with E-state index < -0.39 is 0 Å². The van der Waals surface area contributed by atoms with Crippen LogP contribution in [-0.4, -0.2) is 5.11 Å². The minimum Gasteiger partial charge on any atom is -0.507 e. The van der Waals surface area contributed by atoms with Crippen LogP contribution in [0.15, 0.2) is 43.0 Å². The molecule has 1 N–H and O–H groups in total. The van der Waals surface area contributed by atoms with E-state index in [4.69, 9.17) is 0 Å². The van der Waals surface area contributed by atoms with E-state index in [-0.39, 0.29) is 0 Å². The molecule has 0 heterocycles. The molecule has 62 valence electrons. The summed E-state index contributed by atoms with van der Waals surface area (Å²) in [6, 6.07) is 7.25. The zero-order chi connectivity index (χ0) is 8.81. The summed E-state index contributed by atoms with van der Waals surface area (Å²) in [6.45, 7) is 3.60. The summed E-state index contributed by atoms with van der Waals surface area (Å²) in [5, 5.41) is 9.33. The lowest BCUT2D eigenvalue weighted by molar-refractivity contribution is 0.474. The minimum absolute atomic E-state index is 0.317. The van der Waals surface area contributed by atoms with E-state index in [1.165, 1.54) is 0 Å². The highest BCUT2D eigenvalue weighted by Crippen LogP contribution is 2.16. The highest BCUT2D eigenvalue weighted by Gasteiger charge is 1.91. The van der Waals surface area contributed by atoms with Crippen molar-refractivity contribution in [3.05, 3.63) is 48.6 Å². The van der Waals surface area contributed by atoms with Crippen LogP contribution >= 0.6 is 0 Å². The van der Waals surface area contributed by atoms with E-state index >= 15 is 0 Å². The maximum atomic E-state index is 9.33. The molecule has 0 bridgehead atoms. The topological polar surface area (TPSA) is 20.2 Å². The molecule has 0 amide bonds. The third-order valence-electron chi connectivity index (χ3n) is 1.54. The summed E-state index contributed by atoms with van der Waals surface area (Å²) in [4.78, 5) is 0. The van der Waals surface area contributed by atoms with Crippen LogP contribution in [0.2, 0.25) is 0 Å². The molecule has 1 aromatic carbocycles. The molecule has 0 aromatic heterocycles. The Labute approximate surface area is 72.7 Å². The molecule has 0 fully saturated rings. The lowest BCUT2D eigenvalue weighted by Gasteiger charge is -1.95. The van der Waals surface area contributed by atoms with Crippen LogP contribution in [0.3, 0.4) is 0 Å².